The van der Waals surface area contributed by atoms with Crippen molar-refractivity contribution in [3.8, 4) is 11.5 Å². The van der Waals surface area contributed by atoms with Gasteiger partial charge in [-0.25, -0.2) is 0 Å². The van der Waals surface area contributed by atoms with E-state index in [0.717, 1.165) is 24.0 Å². The van der Waals surface area contributed by atoms with Gasteiger partial charge in [0.25, 0.3) is 0 Å². The van der Waals surface area contributed by atoms with Gasteiger partial charge < -0.3 is 9.84 Å². The number of aromatic hydroxyl groups is 1. The molecule has 0 saturated carbocycles. The van der Waals surface area contributed by atoms with E-state index in [2.05, 4.69) is 0 Å². The third kappa shape index (κ3) is 3.51. The minimum absolute atomic E-state index is 0.0785. The Hall–Kier alpha value is -1.09. The zero-order valence-electron chi connectivity index (χ0n) is 10.8. The summed E-state index contributed by atoms with van der Waals surface area (Å²) >= 11 is 17.8. The molecule has 0 unspecified atom stereocenters. The van der Waals surface area contributed by atoms with Crippen molar-refractivity contribution in [2.45, 2.75) is 12.8 Å². The minimum Gasteiger partial charge on any atom is -0.505 e. The van der Waals surface area contributed by atoms with Gasteiger partial charge in [-0.3, -0.25) is 0 Å². The van der Waals surface area contributed by atoms with Crippen molar-refractivity contribution in [3.63, 3.8) is 0 Å². The van der Waals surface area contributed by atoms with Crippen LogP contribution in [0.15, 0.2) is 30.3 Å². The van der Waals surface area contributed by atoms with E-state index >= 15 is 0 Å². The Bertz CT molecular complexity index is 604. The molecule has 2 aromatic carbocycles. The summed E-state index contributed by atoms with van der Waals surface area (Å²) < 4.78 is 5.18. The van der Waals surface area contributed by atoms with E-state index < -0.39 is 0 Å². The maximum atomic E-state index is 9.52. The van der Waals surface area contributed by atoms with Crippen molar-refractivity contribution in [1.82, 2.24) is 0 Å². The summed E-state index contributed by atoms with van der Waals surface area (Å²) in [4.78, 5) is 0. The predicted molar refractivity (Wildman–Crippen MR) is 83.5 cm³/mol. The van der Waals surface area contributed by atoms with Crippen LogP contribution in [-0.2, 0) is 12.8 Å². The molecule has 5 heteroatoms. The smallest absolute Gasteiger partial charge is 0.152 e. The minimum atomic E-state index is -0.0785. The third-order valence-corrected chi connectivity index (χ3v) is 3.88. The number of aryl methyl sites for hydroxylation is 2. The molecule has 106 valence electrons. The third-order valence-electron chi connectivity index (χ3n) is 2.99. The maximum absolute atomic E-state index is 9.52. The predicted octanol–water partition coefficient (Wildman–Crippen LogP) is 5.15. The molecule has 2 aromatic rings. The zero-order chi connectivity index (χ0) is 14.7. The average molecular weight is 332 g/mol. The van der Waals surface area contributed by atoms with Crippen LogP contribution in [-0.4, -0.2) is 12.2 Å². The first kappa shape index (κ1) is 15.3. The molecule has 0 heterocycles. The lowest BCUT2D eigenvalue weighted by Crippen LogP contribution is -1.93. The van der Waals surface area contributed by atoms with E-state index in [-0.39, 0.29) is 15.8 Å². The summed E-state index contributed by atoms with van der Waals surface area (Å²) in [6.45, 7) is 0. The van der Waals surface area contributed by atoms with Crippen LogP contribution >= 0.6 is 34.8 Å². The van der Waals surface area contributed by atoms with Gasteiger partial charge in [0.05, 0.1) is 22.2 Å². The molecule has 2 rings (SSSR count). The second-order valence-corrected chi connectivity index (χ2v) is 5.60. The van der Waals surface area contributed by atoms with E-state index in [4.69, 9.17) is 39.5 Å². The first-order valence-electron chi connectivity index (χ1n) is 6.00. The highest BCUT2D eigenvalue weighted by Gasteiger charge is 2.07. The lowest BCUT2D eigenvalue weighted by Gasteiger charge is -2.08. The number of methoxy groups -OCH3 is 1. The number of benzene rings is 2. The normalized spacial score (nSPS) is 10.6. The Morgan fingerprint density at radius 1 is 0.900 bits per heavy atom. The number of hydrogen-bond acceptors (Lipinski definition) is 2. The molecule has 2 nitrogen and oxygen atoms in total. The molecule has 0 aliphatic carbocycles. The molecular formula is C15H13Cl3O2. The Labute approximate surface area is 132 Å². The van der Waals surface area contributed by atoms with Gasteiger partial charge in [0.1, 0.15) is 5.75 Å². The largest absolute Gasteiger partial charge is 0.505 e. The molecule has 0 aliphatic heterocycles. The summed E-state index contributed by atoms with van der Waals surface area (Å²) in [5.74, 6) is 0.580. The van der Waals surface area contributed by atoms with Gasteiger partial charge in [0.2, 0.25) is 0 Å². The van der Waals surface area contributed by atoms with Crippen molar-refractivity contribution >= 4 is 34.8 Å². The van der Waals surface area contributed by atoms with E-state index in [1.165, 1.54) is 0 Å². The molecule has 0 bridgehead atoms. The van der Waals surface area contributed by atoms with Gasteiger partial charge in [0, 0.05) is 0 Å². The molecule has 0 radical (unpaired) electrons. The number of phenols is 1. The standard InChI is InChI=1S/C15H13Cl3O2/c1-20-14-8-9(4-5-11(14)16)2-3-10-6-12(17)15(19)13(18)7-10/h4-8,19H,2-3H2,1H3. The van der Waals surface area contributed by atoms with Crippen molar-refractivity contribution in [3.05, 3.63) is 56.5 Å². The van der Waals surface area contributed by atoms with Crippen LogP contribution in [0.1, 0.15) is 11.1 Å². The fraction of sp³-hybridized carbons (Fsp3) is 0.200. The summed E-state index contributed by atoms with van der Waals surface area (Å²) in [6.07, 6.45) is 1.55. The Balaban J connectivity index is 2.13. The molecule has 0 amide bonds. The number of halogens is 3. The Morgan fingerprint density at radius 3 is 2.10 bits per heavy atom. The van der Waals surface area contributed by atoms with Gasteiger partial charge in [-0.1, -0.05) is 40.9 Å². The molecule has 0 fully saturated rings. The highest BCUT2D eigenvalue weighted by atomic mass is 35.5. The number of hydrogen-bond donors (Lipinski definition) is 1. The van der Waals surface area contributed by atoms with Crippen LogP contribution in [0.4, 0.5) is 0 Å². The topological polar surface area (TPSA) is 29.5 Å². The van der Waals surface area contributed by atoms with E-state index in [1.54, 1.807) is 19.2 Å². The Morgan fingerprint density at radius 2 is 1.50 bits per heavy atom. The average Bonchev–Trinajstić information content (AvgIpc) is 2.43. The van der Waals surface area contributed by atoms with Crippen LogP contribution < -0.4 is 4.74 Å². The number of ether oxygens (including phenoxy) is 1. The van der Waals surface area contributed by atoms with Crippen LogP contribution in [0.5, 0.6) is 11.5 Å². The van der Waals surface area contributed by atoms with Gasteiger partial charge >= 0.3 is 0 Å². The molecule has 0 saturated heterocycles. The van der Waals surface area contributed by atoms with Crippen molar-refractivity contribution in [2.24, 2.45) is 0 Å². The van der Waals surface area contributed by atoms with Crippen LogP contribution in [0.2, 0.25) is 15.1 Å². The van der Waals surface area contributed by atoms with Gasteiger partial charge in [-0.15, -0.1) is 0 Å². The highest BCUT2D eigenvalue weighted by Crippen LogP contribution is 2.33. The van der Waals surface area contributed by atoms with Gasteiger partial charge in [0.15, 0.2) is 5.75 Å². The second kappa shape index (κ2) is 6.57. The van der Waals surface area contributed by atoms with Crippen LogP contribution in [0, 0.1) is 0 Å². The van der Waals surface area contributed by atoms with Crippen LogP contribution in [0.25, 0.3) is 0 Å². The van der Waals surface area contributed by atoms with E-state index in [1.807, 2.05) is 18.2 Å². The maximum Gasteiger partial charge on any atom is 0.152 e. The first-order chi connectivity index (χ1) is 9.51. The van der Waals surface area contributed by atoms with E-state index in [9.17, 15) is 5.11 Å². The van der Waals surface area contributed by atoms with Crippen molar-refractivity contribution < 1.29 is 9.84 Å². The quantitative estimate of drug-likeness (QED) is 0.840. The summed E-state index contributed by atoms with van der Waals surface area (Å²) in [6, 6.07) is 9.11. The molecule has 0 aromatic heterocycles. The SMILES string of the molecule is COc1cc(CCc2cc(Cl)c(O)c(Cl)c2)ccc1Cl. The molecule has 0 atom stereocenters. The fourth-order valence-electron chi connectivity index (χ4n) is 1.91. The number of rotatable bonds is 4. The van der Waals surface area contributed by atoms with Crippen molar-refractivity contribution in [2.75, 3.05) is 7.11 Å². The van der Waals surface area contributed by atoms with Crippen molar-refractivity contribution in [1.29, 1.82) is 0 Å². The number of phenolic OH excluding ortho intramolecular Hbond substituents is 1. The summed E-state index contributed by atoms with van der Waals surface area (Å²) in [5.41, 5.74) is 2.07. The first-order valence-corrected chi connectivity index (χ1v) is 7.14. The lowest BCUT2D eigenvalue weighted by molar-refractivity contribution is 0.414. The zero-order valence-corrected chi connectivity index (χ0v) is 13.1. The molecule has 1 N–H and O–H groups in total. The second-order valence-electron chi connectivity index (χ2n) is 4.38. The molecular weight excluding hydrogens is 319 g/mol. The van der Waals surface area contributed by atoms with Gasteiger partial charge in [-0.05, 0) is 48.2 Å². The molecule has 0 aliphatic rings. The van der Waals surface area contributed by atoms with E-state index in [0.29, 0.717) is 10.8 Å². The van der Waals surface area contributed by atoms with Gasteiger partial charge in [-0.2, -0.15) is 0 Å². The highest BCUT2D eigenvalue weighted by molar-refractivity contribution is 6.37. The summed E-state index contributed by atoms with van der Waals surface area (Å²) in [7, 11) is 1.59. The molecule has 0 spiro atoms. The van der Waals surface area contributed by atoms with Crippen LogP contribution in [0.3, 0.4) is 0 Å². The fourth-order valence-corrected chi connectivity index (χ4v) is 2.64. The molecule has 20 heavy (non-hydrogen) atoms. The Kier molecular flexibility index (Phi) is 5.03. The summed E-state index contributed by atoms with van der Waals surface area (Å²) in [5, 5.41) is 10.6. The monoisotopic (exact) mass is 330 g/mol. The lowest BCUT2D eigenvalue weighted by atomic mass is 10.0.